The number of fused-ring (bicyclic) bond motifs is 1. The Bertz CT molecular complexity index is 1250. The van der Waals surface area contributed by atoms with E-state index in [-0.39, 0.29) is 18.0 Å². The molecule has 30 heavy (non-hydrogen) atoms. The molecule has 1 N–H and O–H groups in total. The molecule has 0 unspecified atom stereocenters. The fourth-order valence-electron chi connectivity index (χ4n) is 3.27. The molecule has 0 bridgehead atoms. The first-order valence-corrected chi connectivity index (χ1v) is 9.45. The first kappa shape index (κ1) is 19.3. The summed E-state index contributed by atoms with van der Waals surface area (Å²) in [6.45, 7) is -0.190. The number of ether oxygens (including phenoxy) is 1. The molecule has 0 aliphatic rings. The lowest BCUT2D eigenvalue weighted by atomic mass is 10.1. The van der Waals surface area contributed by atoms with Crippen LogP contribution in [0, 0.1) is 0 Å². The second-order valence-corrected chi connectivity index (χ2v) is 6.77. The SMILES string of the molecule is COc1cccc(NC(=O)Cn2nc(Cc3ccncc3)c3ccccc3c2=O)c1. The zero-order valence-electron chi connectivity index (χ0n) is 16.4. The van der Waals surface area contributed by atoms with Crippen LogP contribution in [0.5, 0.6) is 5.75 Å². The van der Waals surface area contributed by atoms with Crippen molar-refractivity contribution < 1.29 is 9.53 Å². The van der Waals surface area contributed by atoms with Gasteiger partial charge in [-0.05, 0) is 35.9 Å². The Kier molecular flexibility index (Phi) is 5.52. The maximum absolute atomic E-state index is 12.9. The minimum atomic E-state index is -0.344. The average molecular weight is 400 g/mol. The van der Waals surface area contributed by atoms with E-state index in [9.17, 15) is 9.59 Å². The predicted octanol–water partition coefficient (Wildman–Crippen LogP) is 3.03. The molecule has 7 nitrogen and oxygen atoms in total. The van der Waals surface area contributed by atoms with Crippen molar-refractivity contribution in [2.75, 3.05) is 12.4 Å². The smallest absolute Gasteiger partial charge is 0.275 e. The molecule has 2 aromatic heterocycles. The third kappa shape index (κ3) is 4.20. The molecule has 4 aromatic rings. The number of aromatic nitrogens is 3. The minimum Gasteiger partial charge on any atom is -0.497 e. The summed E-state index contributed by atoms with van der Waals surface area (Å²) in [4.78, 5) is 29.5. The molecule has 0 saturated heterocycles. The number of nitrogens with zero attached hydrogens (tertiary/aromatic N) is 3. The summed E-state index contributed by atoms with van der Waals surface area (Å²) >= 11 is 0. The van der Waals surface area contributed by atoms with Crippen LogP contribution in [0.1, 0.15) is 11.3 Å². The van der Waals surface area contributed by atoms with Gasteiger partial charge in [-0.15, -0.1) is 0 Å². The quantitative estimate of drug-likeness (QED) is 0.538. The van der Waals surface area contributed by atoms with E-state index in [0.717, 1.165) is 16.6 Å². The molecule has 150 valence electrons. The lowest BCUT2D eigenvalue weighted by Gasteiger charge is -2.12. The third-order valence-corrected chi connectivity index (χ3v) is 4.71. The minimum absolute atomic E-state index is 0.190. The number of carbonyl (C=O) groups is 1. The Morgan fingerprint density at radius 2 is 1.80 bits per heavy atom. The fourth-order valence-corrected chi connectivity index (χ4v) is 3.27. The summed E-state index contributed by atoms with van der Waals surface area (Å²) in [7, 11) is 1.56. The highest BCUT2D eigenvalue weighted by Crippen LogP contribution is 2.18. The number of pyridine rings is 1. The fraction of sp³-hybridized carbons (Fsp3) is 0.130. The van der Waals surface area contributed by atoms with Crippen LogP contribution >= 0.6 is 0 Å². The van der Waals surface area contributed by atoms with Gasteiger partial charge in [0.25, 0.3) is 5.56 Å². The topological polar surface area (TPSA) is 86.1 Å². The number of hydrogen-bond donors (Lipinski definition) is 1. The number of hydrogen-bond acceptors (Lipinski definition) is 5. The van der Waals surface area contributed by atoms with Crippen molar-refractivity contribution in [3.05, 3.63) is 94.7 Å². The van der Waals surface area contributed by atoms with Gasteiger partial charge in [-0.25, -0.2) is 4.68 Å². The molecular weight excluding hydrogens is 380 g/mol. The van der Waals surface area contributed by atoms with E-state index in [1.54, 1.807) is 55.9 Å². The monoisotopic (exact) mass is 400 g/mol. The van der Waals surface area contributed by atoms with Crippen molar-refractivity contribution in [1.82, 2.24) is 14.8 Å². The summed E-state index contributed by atoms with van der Waals surface area (Å²) in [5, 5.41) is 8.61. The molecule has 2 aromatic carbocycles. The average Bonchev–Trinajstić information content (AvgIpc) is 2.78. The lowest BCUT2D eigenvalue weighted by molar-refractivity contribution is -0.117. The van der Waals surface area contributed by atoms with Crippen molar-refractivity contribution in [3.8, 4) is 5.75 Å². The molecule has 0 aliphatic heterocycles. The van der Waals surface area contributed by atoms with E-state index in [0.29, 0.717) is 23.2 Å². The van der Waals surface area contributed by atoms with Gasteiger partial charge in [0.1, 0.15) is 12.3 Å². The van der Waals surface area contributed by atoms with Crippen molar-refractivity contribution >= 4 is 22.4 Å². The van der Waals surface area contributed by atoms with Crippen LogP contribution in [0.25, 0.3) is 10.8 Å². The van der Waals surface area contributed by atoms with Gasteiger partial charge in [-0.3, -0.25) is 14.6 Å². The lowest BCUT2D eigenvalue weighted by Crippen LogP contribution is -2.30. The first-order chi connectivity index (χ1) is 14.6. The number of amides is 1. The zero-order chi connectivity index (χ0) is 20.9. The van der Waals surface area contributed by atoms with Gasteiger partial charge in [0.05, 0.1) is 18.2 Å². The molecule has 2 heterocycles. The standard InChI is InChI=1S/C23H20N4O3/c1-30-18-6-4-5-17(14-18)25-22(28)15-27-23(29)20-8-3-2-7-19(20)21(26-27)13-16-9-11-24-12-10-16/h2-12,14H,13,15H2,1H3,(H,25,28). The van der Waals surface area contributed by atoms with E-state index in [1.165, 1.54) is 4.68 Å². The number of anilines is 1. The van der Waals surface area contributed by atoms with Gasteiger partial charge in [0.2, 0.25) is 5.91 Å². The number of rotatable bonds is 6. The van der Waals surface area contributed by atoms with Crippen molar-refractivity contribution in [2.45, 2.75) is 13.0 Å². The van der Waals surface area contributed by atoms with Crippen LogP contribution in [0.15, 0.2) is 77.9 Å². The van der Waals surface area contributed by atoms with Crippen LogP contribution in [-0.4, -0.2) is 27.8 Å². The second kappa shape index (κ2) is 8.57. The van der Waals surface area contributed by atoms with Crippen molar-refractivity contribution in [1.29, 1.82) is 0 Å². The Morgan fingerprint density at radius 3 is 2.57 bits per heavy atom. The normalized spacial score (nSPS) is 10.7. The second-order valence-electron chi connectivity index (χ2n) is 6.77. The van der Waals surface area contributed by atoms with E-state index >= 15 is 0 Å². The van der Waals surface area contributed by atoms with E-state index in [4.69, 9.17) is 4.74 Å². The number of nitrogens with one attached hydrogen (secondary N) is 1. The third-order valence-electron chi connectivity index (χ3n) is 4.71. The van der Waals surface area contributed by atoms with Crippen molar-refractivity contribution in [2.24, 2.45) is 0 Å². The Hall–Kier alpha value is -4.00. The van der Waals surface area contributed by atoms with Gasteiger partial charge in [0, 0.05) is 36.0 Å². The first-order valence-electron chi connectivity index (χ1n) is 9.45. The highest BCUT2D eigenvalue weighted by molar-refractivity contribution is 5.91. The Morgan fingerprint density at radius 1 is 1.03 bits per heavy atom. The summed E-state index contributed by atoms with van der Waals surface area (Å²) in [5.41, 5.74) is 2.04. The molecule has 7 heteroatoms. The van der Waals surface area contributed by atoms with Gasteiger partial charge in [0.15, 0.2) is 0 Å². The summed E-state index contributed by atoms with van der Waals surface area (Å²) < 4.78 is 6.39. The molecule has 0 atom stereocenters. The predicted molar refractivity (Wildman–Crippen MR) is 115 cm³/mol. The zero-order valence-corrected chi connectivity index (χ0v) is 16.4. The summed E-state index contributed by atoms with van der Waals surface area (Å²) in [6.07, 6.45) is 3.96. The van der Waals surface area contributed by atoms with Gasteiger partial charge >= 0.3 is 0 Å². The van der Waals surface area contributed by atoms with Gasteiger partial charge in [-0.1, -0.05) is 24.3 Å². The van der Waals surface area contributed by atoms with Crippen LogP contribution in [0.3, 0.4) is 0 Å². The number of benzene rings is 2. The van der Waals surface area contributed by atoms with E-state index in [1.807, 2.05) is 24.3 Å². The van der Waals surface area contributed by atoms with Gasteiger partial charge < -0.3 is 10.1 Å². The molecule has 1 amide bonds. The van der Waals surface area contributed by atoms with Crippen LogP contribution < -0.4 is 15.6 Å². The highest BCUT2D eigenvalue weighted by atomic mass is 16.5. The van der Waals surface area contributed by atoms with Crippen LogP contribution in [-0.2, 0) is 17.8 Å². The largest absolute Gasteiger partial charge is 0.497 e. The maximum Gasteiger partial charge on any atom is 0.275 e. The van der Waals surface area contributed by atoms with Crippen molar-refractivity contribution in [3.63, 3.8) is 0 Å². The number of carbonyl (C=O) groups excluding carboxylic acids is 1. The number of methoxy groups -OCH3 is 1. The molecule has 0 fully saturated rings. The van der Waals surface area contributed by atoms with E-state index < -0.39 is 0 Å². The molecule has 0 radical (unpaired) electrons. The summed E-state index contributed by atoms with van der Waals surface area (Å²) in [6, 6.07) is 18.2. The molecular formula is C23H20N4O3. The molecule has 0 spiro atoms. The Labute approximate surface area is 173 Å². The highest BCUT2D eigenvalue weighted by Gasteiger charge is 2.13. The van der Waals surface area contributed by atoms with Gasteiger partial charge in [-0.2, -0.15) is 5.10 Å². The van der Waals surface area contributed by atoms with E-state index in [2.05, 4.69) is 15.4 Å². The Balaban J connectivity index is 1.65. The maximum atomic E-state index is 12.9. The van der Waals surface area contributed by atoms with Crippen LogP contribution in [0.2, 0.25) is 0 Å². The van der Waals surface area contributed by atoms with Crippen LogP contribution in [0.4, 0.5) is 5.69 Å². The molecule has 0 aliphatic carbocycles. The molecule has 4 rings (SSSR count). The molecule has 0 saturated carbocycles. The summed E-state index contributed by atoms with van der Waals surface area (Å²) in [5.74, 6) is 0.288.